The van der Waals surface area contributed by atoms with E-state index in [0.717, 1.165) is 42.4 Å². The molecule has 4 rings (SSSR count). The molecule has 1 amide bonds. The molecule has 0 saturated carbocycles. The average molecular weight is 387 g/mol. The highest BCUT2D eigenvalue weighted by molar-refractivity contribution is 5.92. The molecule has 0 fully saturated rings. The van der Waals surface area contributed by atoms with Crippen molar-refractivity contribution in [3.8, 4) is 11.5 Å². The maximum atomic E-state index is 12.1. The van der Waals surface area contributed by atoms with Crippen LogP contribution in [0.4, 0.5) is 14.5 Å². The Bertz CT molecular complexity index is 982. The number of nitrogens with one attached hydrogen (secondary N) is 1. The van der Waals surface area contributed by atoms with Gasteiger partial charge in [-0.3, -0.25) is 4.79 Å². The number of ether oxygens (including phenoxy) is 2. The van der Waals surface area contributed by atoms with Gasteiger partial charge in [-0.05, 0) is 61.7 Å². The number of carbonyl (C=O) groups excluding carboxylic acids is 1. The van der Waals surface area contributed by atoms with Gasteiger partial charge in [-0.2, -0.15) is 8.78 Å². The van der Waals surface area contributed by atoms with Gasteiger partial charge in [-0.1, -0.05) is 0 Å². The number of benzene rings is 2. The third kappa shape index (κ3) is 4.08. The molecule has 0 radical (unpaired) electrons. The third-order valence-electron chi connectivity index (χ3n) is 4.66. The van der Waals surface area contributed by atoms with Gasteiger partial charge in [0.2, 0.25) is 0 Å². The van der Waals surface area contributed by atoms with Crippen molar-refractivity contribution in [3.63, 3.8) is 0 Å². The predicted molar refractivity (Wildman–Crippen MR) is 100 cm³/mol. The predicted octanol–water partition coefficient (Wildman–Crippen LogP) is 4.93. The van der Waals surface area contributed by atoms with Crippen molar-refractivity contribution in [1.82, 2.24) is 0 Å². The largest absolute Gasteiger partial charge is 0.484 e. The summed E-state index contributed by atoms with van der Waals surface area (Å²) in [5.41, 5.74) is 2.55. The Morgan fingerprint density at radius 2 is 1.82 bits per heavy atom. The van der Waals surface area contributed by atoms with Crippen molar-refractivity contribution < 1.29 is 27.5 Å². The summed E-state index contributed by atoms with van der Waals surface area (Å²) < 4.78 is 40.1. The van der Waals surface area contributed by atoms with Crippen molar-refractivity contribution in [1.29, 1.82) is 0 Å². The molecule has 1 aliphatic rings. The molecule has 0 aliphatic heterocycles. The molecule has 1 N–H and O–H groups in total. The molecule has 0 unspecified atom stereocenters. The molecule has 1 aliphatic carbocycles. The molecular formula is C21H19F2NO4. The topological polar surface area (TPSA) is 60.7 Å². The molecule has 0 bridgehead atoms. The fourth-order valence-electron chi connectivity index (χ4n) is 3.40. The van der Waals surface area contributed by atoms with Crippen LogP contribution in [0.3, 0.4) is 0 Å². The van der Waals surface area contributed by atoms with Crippen LogP contribution in [0.5, 0.6) is 11.5 Å². The lowest BCUT2D eigenvalue weighted by Crippen LogP contribution is -2.20. The van der Waals surface area contributed by atoms with Crippen molar-refractivity contribution >= 4 is 22.6 Å². The summed E-state index contributed by atoms with van der Waals surface area (Å²) in [5, 5.41) is 3.69. The molecule has 0 atom stereocenters. The number of fused-ring (bicyclic) bond motifs is 3. The lowest BCUT2D eigenvalue weighted by atomic mass is 9.96. The maximum Gasteiger partial charge on any atom is 0.387 e. The Hall–Kier alpha value is -3.09. The molecule has 1 heterocycles. The first-order valence-electron chi connectivity index (χ1n) is 9.10. The molecular weight excluding hydrogens is 368 g/mol. The summed E-state index contributed by atoms with van der Waals surface area (Å²) in [7, 11) is 0. The van der Waals surface area contributed by atoms with E-state index in [9.17, 15) is 13.6 Å². The minimum absolute atomic E-state index is 0.0287. The van der Waals surface area contributed by atoms with Crippen LogP contribution in [-0.2, 0) is 17.6 Å². The minimum atomic E-state index is -2.88. The second kappa shape index (κ2) is 7.88. The van der Waals surface area contributed by atoms with Crippen LogP contribution < -0.4 is 14.8 Å². The standard InChI is InChI=1S/C21H19F2NO4/c22-21(23)27-14-7-5-13(6-8-14)24-20(25)12-26-15-9-10-19-17(11-15)16-3-1-2-4-18(16)28-19/h5-11,21H,1-4,12H2,(H,24,25). The number of furan rings is 1. The highest BCUT2D eigenvalue weighted by Gasteiger charge is 2.18. The van der Waals surface area contributed by atoms with E-state index in [1.807, 2.05) is 12.1 Å². The van der Waals surface area contributed by atoms with Crippen molar-refractivity contribution in [2.45, 2.75) is 32.3 Å². The number of hydrogen-bond acceptors (Lipinski definition) is 4. The van der Waals surface area contributed by atoms with E-state index in [0.29, 0.717) is 11.4 Å². The third-order valence-corrected chi connectivity index (χ3v) is 4.66. The summed E-state index contributed by atoms with van der Waals surface area (Å²) >= 11 is 0. The number of hydrogen-bond donors (Lipinski definition) is 1. The van der Waals surface area contributed by atoms with E-state index in [-0.39, 0.29) is 18.3 Å². The zero-order chi connectivity index (χ0) is 19.5. The summed E-state index contributed by atoms with van der Waals surface area (Å²) in [6.07, 6.45) is 4.25. The highest BCUT2D eigenvalue weighted by atomic mass is 19.3. The molecule has 3 aromatic rings. The molecule has 0 spiro atoms. The summed E-state index contributed by atoms with van der Waals surface area (Å²) in [5.74, 6) is 1.32. The fraction of sp³-hybridized carbons (Fsp3) is 0.286. The van der Waals surface area contributed by atoms with Crippen LogP contribution in [0.15, 0.2) is 46.9 Å². The van der Waals surface area contributed by atoms with Gasteiger partial charge in [-0.25, -0.2) is 0 Å². The number of alkyl halides is 2. The quantitative estimate of drug-likeness (QED) is 0.651. The summed E-state index contributed by atoms with van der Waals surface area (Å²) in [6.45, 7) is -3.05. The van der Waals surface area contributed by atoms with E-state index in [4.69, 9.17) is 9.15 Å². The van der Waals surface area contributed by atoms with Crippen LogP contribution in [0.2, 0.25) is 0 Å². The first-order chi connectivity index (χ1) is 13.6. The first-order valence-corrected chi connectivity index (χ1v) is 9.10. The molecule has 28 heavy (non-hydrogen) atoms. The van der Waals surface area contributed by atoms with Crippen LogP contribution in [0.1, 0.15) is 24.2 Å². The summed E-state index contributed by atoms with van der Waals surface area (Å²) in [6, 6.07) is 11.2. The Kier molecular flexibility index (Phi) is 5.14. The van der Waals surface area contributed by atoms with Crippen LogP contribution >= 0.6 is 0 Å². The van der Waals surface area contributed by atoms with E-state index in [1.165, 1.54) is 29.8 Å². The number of halogens is 2. The maximum absolute atomic E-state index is 12.1. The van der Waals surface area contributed by atoms with Crippen molar-refractivity contribution in [3.05, 3.63) is 53.8 Å². The Morgan fingerprint density at radius 1 is 1.07 bits per heavy atom. The van der Waals surface area contributed by atoms with E-state index in [2.05, 4.69) is 10.1 Å². The smallest absolute Gasteiger partial charge is 0.387 e. The monoisotopic (exact) mass is 387 g/mol. The van der Waals surface area contributed by atoms with Gasteiger partial charge in [0.05, 0.1) is 0 Å². The van der Waals surface area contributed by atoms with E-state index in [1.54, 1.807) is 6.07 Å². The number of rotatable bonds is 6. The molecule has 5 nitrogen and oxygen atoms in total. The van der Waals surface area contributed by atoms with Gasteiger partial charge in [0.1, 0.15) is 22.8 Å². The van der Waals surface area contributed by atoms with Crippen molar-refractivity contribution in [2.24, 2.45) is 0 Å². The number of amides is 1. The SMILES string of the molecule is O=C(COc1ccc2oc3c(c2c1)CCCC3)Nc1ccc(OC(F)F)cc1. The van der Waals surface area contributed by atoms with Gasteiger partial charge in [-0.15, -0.1) is 0 Å². The zero-order valence-corrected chi connectivity index (χ0v) is 15.0. The second-order valence-electron chi connectivity index (χ2n) is 6.61. The number of aryl methyl sites for hydroxylation is 2. The Morgan fingerprint density at radius 3 is 2.61 bits per heavy atom. The van der Waals surface area contributed by atoms with E-state index < -0.39 is 6.61 Å². The number of carbonyl (C=O) groups is 1. The van der Waals surface area contributed by atoms with Gasteiger partial charge in [0.15, 0.2) is 6.61 Å². The minimum Gasteiger partial charge on any atom is -0.484 e. The van der Waals surface area contributed by atoms with Gasteiger partial charge < -0.3 is 19.2 Å². The normalized spacial score (nSPS) is 13.4. The fourth-order valence-corrected chi connectivity index (χ4v) is 3.40. The summed E-state index contributed by atoms with van der Waals surface area (Å²) in [4.78, 5) is 12.1. The van der Waals surface area contributed by atoms with Crippen LogP contribution in [0.25, 0.3) is 11.0 Å². The molecule has 2 aromatic carbocycles. The van der Waals surface area contributed by atoms with Gasteiger partial charge in [0.25, 0.3) is 5.91 Å². The first kappa shape index (κ1) is 18.3. The average Bonchev–Trinajstić information content (AvgIpc) is 3.05. The zero-order valence-electron chi connectivity index (χ0n) is 15.0. The van der Waals surface area contributed by atoms with Crippen LogP contribution in [0, 0.1) is 0 Å². The van der Waals surface area contributed by atoms with Crippen molar-refractivity contribution in [2.75, 3.05) is 11.9 Å². The molecule has 0 saturated heterocycles. The number of anilines is 1. The molecule has 146 valence electrons. The Balaban J connectivity index is 1.36. The lowest BCUT2D eigenvalue weighted by Gasteiger charge is -2.10. The molecule has 7 heteroatoms. The lowest BCUT2D eigenvalue weighted by molar-refractivity contribution is -0.118. The molecule has 1 aromatic heterocycles. The van der Waals surface area contributed by atoms with Gasteiger partial charge >= 0.3 is 6.61 Å². The Labute approximate surface area is 160 Å². The van der Waals surface area contributed by atoms with Crippen LogP contribution in [-0.4, -0.2) is 19.1 Å². The van der Waals surface area contributed by atoms with E-state index >= 15 is 0 Å². The van der Waals surface area contributed by atoms with Gasteiger partial charge in [0, 0.05) is 23.1 Å². The second-order valence-corrected chi connectivity index (χ2v) is 6.61. The highest BCUT2D eigenvalue weighted by Crippen LogP contribution is 2.33.